The normalized spacial score (nSPS) is 16.5. The number of nitrogens with zero attached hydrogens (tertiary/aromatic N) is 1. The van der Waals surface area contributed by atoms with Crippen molar-refractivity contribution in [3.63, 3.8) is 0 Å². The van der Waals surface area contributed by atoms with Crippen LogP contribution in [0.4, 0.5) is 11.4 Å². The summed E-state index contributed by atoms with van der Waals surface area (Å²) in [5, 5.41) is 5.68. The zero-order chi connectivity index (χ0) is 24.9. The summed E-state index contributed by atoms with van der Waals surface area (Å²) in [4.78, 5) is 51.3. The van der Waals surface area contributed by atoms with E-state index in [4.69, 9.17) is 16.3 Å². The number of carbonyl (C=O) groups is 4. The zero-order valence-corrected chi connectivity index (χ0v) is 20.1. The number of hydrogen-bond acceptors (Lipinski definition) is 6. The van der Waals surface area contributed by atoms with Crippen LogP contribution in [0.5, 0.6) is 0 Å². The first kappa shape index (κ1) is 24.5. The predicted molar refractivity (Wildman–Crippen MR) is 132 cm³/mol. The van der Waals surface area contributed by atoms with Crippen LogP contribution < -0.4 is 15.5 Å². The van der Waals surface area contributed by atoms with Crippen molar-refractivity contribution >= 4 is 46.7 Å². The van der Waals surface area contributed by atoms with Gasteiger partial charge < -0.3 is 15.4 Å². The summed E-state index contributed by atoms with van der Waals surface area (Å²) in [7, 11) is 0. The molecule has 2 N–H and O–H groups in total. The van der Waals surface area contributed by atoms with Crippen molar-refractivity contribution in [2.75, 3.05) is 16.8 Å². The summed E-state index contributed by atoms with van der Waals surface area (Å²) in [5.41, 5.74) is 1.33. The number of hydrogen-bond donors (Lipinski definition) is 2. The van der Waals surface area contributed by atoms with Gasteiger partial charge >= 0.3 is 5.97 Å². The molecule has 2 aliphatic rings. The smallest absolute Gasteiger partial charge is 0.338 e. The second kappa shape index (κ2) is 10.7. The van der Waals surface area contributed by atoms with Crippen LogP contribution >= 0.6 is 11.6 Å². The molecule has 35 heavy (non-hydrogen) atoms. The number of nitrogens with one attached hydrogen (secondary N) is 2. The molecule has 1 heterocycles. The molecule has 2 aromatic rings. The van der Waals surface area contributed by atoms with Gasteiger partial charge in [0.1, 0.15) is 10.7 Å². The Morgan fingerprint density at radius 2 is 1.71 bits per heavy atom. The molecule has 4 rings (SSSR count). The number of esters is 1. The SMILES string of the molecule is CCOC(=O)c1cccc(N2C(=O)C(Cl)=C(Nc3ccc(C(=O)NC4CCCCC4)cc3)C2=O)c1. The van der Waals surface area contributed by atoms with E-state index < -0.39 is 17.8 Å². The Morgan fingerprint density at radius 1 is 1.00 bits per heavy atom. The van der Waals surface area contributed by atoms with Crippen LogP contribution in [0.25, 0.3) is 0 Å². The summed E-state index contributed by atoms with van der Waals surface area (Å²) >= 11 is 6.21. The van der Waals surface area contributed by atoms with E-state index in [0.717, 1.165) is 30.6 Å². The van der Waals surface area contributed by atoms with Gasteiger partial charge in [-0.1, -0.05) is 36.9 Å². The Bertz CT molecular complexity index is 1190. The number of carbonyl (C=O) groups excluding carboxylic acids is 4. The highest BCUT2D eigenvalue weighted by Gasteiger charge is 2.39. The molecule has 182 valence electrons. The summed E-state index contributed by atoms with van der Waals surface area (Å²) in [6.07, 6.45) is 5.45. The lowest BCUT2D eigenvalue weighted by molar-refractivity contribution is -0.120. The number of ether oxygens (including phenoxy) is 1. The molecule has 2 aromatic carbocycles. The van der Waals surface area contributed by atoms with E-state index in [1.165, 1.54) is 24.6 Å². The summed E-state index contributed by atoms with van der Waals surface area (Å²) < 4.78 is 4.98. The van der Waals surface area contributed by atoms with Crippen LogP contribution in [-0.2, 0) is 14.3 Å². The highest BCUT2D eigenvalue weighted by atomic mass is 35.5. The Morgan fingerprint density at radius 3 is 2.40 bits per heavy atom. The van der Waals surface area contributed by atoms with Gasteiger partial charge in [0.15, 0.2) is 0 Å². The molecule has 3 amide bonds. The lowest BCUT2D eigenvalue weighted by Gasteiger charge is -2.22. The van der Waals surface area contributed by atoms with E-state index in [9.17, 15) is 19.2 Å². The highest BCUT2D eigenvalue weighted by molar-refractivity contribution is 6.53. The molecule has 1 aliphatic heterocycles. The Kier molecular flexibility index (Phi) is 7.51. The molecule has 0 bridgehead atoms. The third kappa shape index (κ3) is 5.38. The molecule has 9 heteroatoms. The maximum absolute atomic E-state index is 13.1. The molecule has 0 aromatic heterocycles. The van der Waals surface area contributed by atoms with E-state index >= 15 is 0 Å². The quantitative estimate of drug-likeness (QED) is 0.437. The second-order valence-electron chi connectivity index (χ2n) is 8.42. The molecule has 1 aliphatic carbocycles. The average molecular weight is 496 g/mol. The molecule has 0 saturated heterocycles. The molecule has 1 saturated carbocycles. The van der Waals surface area contributed by atoms with E-state index in [2.05, 4.69) is 10.6 Å². The van der Waals surface area contributed by atoms with Crippen LogP contribution in [-0.4, -0.2) is 36.3 Å². The van der Waals surface area contributed by atoms with Gasteiger partial charge in [0.05, 0.1) is 17.9 Å². The molecular weight excluding hydrogens is 470 g/mol. The number of rotatable bonds is 7. The molecule has 0 atom stereocenters. The molecular formula is C26H26ClN3O5. The monoisotopic (exact) mass is 495 g/mol. The highest BCUT2D eigenvalue weighted by Crippen LogP contribution is 2.31. The van der Waals surface area contributed by atoms with Gasteiger partial charge in [-0.25, -0.2) is 9.69 Å². The Balaban J connectivity index is 1.46. The van der Waals surface area contributed by atoms with E-state index in [0.29, 0.717) is 11.3 Å². The first-order valence-corrected chi connectivity index (χ1v) is 12.0. The van der Waals surface area contributed by atoms with Crippen LogP contribution in [0, 0.1) is 0 Å². The molecule has 1 fully saturated rings. The third-order valence-corrected chi connectivity index (χ3v) is 6.35. The first-order chi connectivity index (χ1) is 16.9. The van der Waals surface area contributed by atoms with E-state index in [1.807, 2.05) is 0 Å². The standard InChI is InChI=1S/C26H26ClN3O5/c1-2-35-26(34)17-7-6-10-20(15-17)30-24(32)21(27)22(25(30)33)28-19-13-11-16(12-14-19)23(31)29-18-8-4-3-5-9-18/h6-7,10-15,18,28H,2-5,8-9H2,1H3,(H,29,31). The Labute approximate surface area is 208 Å². The van der Waals surface area contributed by atoms with Crippen molar-refractivity contribution < 1.29 is 23.9 Å². The molecule has 0 unspecified atom stereocenters. The predicted octanol–water partition coefficient (Wildman–Crippen LogP) is 4.36. The number of amides is 3. The van der Waals surface area contributed by atoms with Gasteiger partial charge in [-0.2, -0.15) is 0 Å². The lowest BCUT2D eigenvalue weighted by atomic mass is 9.95. The maximum Gasteiger partial charge on any atom is 0.338 e. The number of halogens is 1. The van der Waals surface area contributed by atoms with Crippen LogP contribution in [0.1, 0.15) is 59.7 Å². The summed E-state index contributed by atoms with van der Waals surface area (Å²) in [5.74, 6) is -2.05. The van der Waals surface area contributed by atoms with Gasteiger partial charge in [0, 0.05) is 17.3 Å². The number of benzene rings is 2. The molecule has 0 spiro atoms. The van der Waals surface area contributed by atoms with Crippen molar-refractivity contribution in [2.45, 2.75) is 45.1 Å². The van der Waals surface area contributed by atoms with Crippen LogP contribution in [0.2, 0.25) is 0 Å². The topological polar surface area (TPSA) is 105 Å². The maximum atomic E-state index is 13.1. The Hall–Kier alpha value is -3.65. The van der Waals surface area contributed by atoms with Gasteiger partial charge in [-0.3, -0.25) is 14.4 Å². The average Bonchev–Trinajstić information content (AvgIpc) is 3.08. The van der Waals surface area contributed by atoms with Crippen LogP contribution in [0.3, 0.4) is 0 Å². The number of anilines is 2. The van der Waals surface area contributed by atoms with E-state index in [-0.39, 0.29) is 40.5 Å². The van der Waals surface area contributed by atoms with Crippen molar-refractivity contribution in [3.05, 3.63) is 70.4 Å². The van der Waals surface area contributed by atoms with Crippen LogP contribution in [0.15, 0.2) is 59.3 Å². The van der Waals surface area contributed by atoms with Gasteiger partial charge in [-0.05, 0) is 62.2 Å². The summed E-state index contributed by atoms with van der Waals surface area (Å²) in [6.45, 7) is 1.89. The van der Waals surface area contributed by atoms with Crippen molar-refractivity contribution in [1.29, 1.82) is 0 Å². The van der Waals surface area contributed by atoms with Crippen molar-refractivity contribution in [2.24, 2.45) is 0 Å². The van der Waals surface area contributed by atoms with Gasteiger partial charge in [-0.15, -0.1) is 0 Å². The van der Waals surface area contributed by atoms with E-state index in [1.54, 1.807) is 37.3 Å². The van der Waals surface area contributed by atoms with Gasteiger partial charge in [0.2, 0.25) is 0 Å². The second-order valence-corrected chi connectivity index (χ2v) is 8.79. The largest absolute Gasteiger partial charge is 0.462 e. The fourth-order valence-corrected chi connectivity index (χ4v) is 4.41. The minimum absolute atomic E-state index is 0.0855. The third-order valence-electron chi connectivity index (χ3n) is 6.00. The summed E-state index contributed by atoms with van der Waals surface area (Å²) in [6, 6.07) is 12.8. The lowest BCUT2D eigenvalue weighted by Crippen LogP contribution is -2.36. The van der Waals surface area contributed by atoms with Crippen molar-refractivity contribution in [1.82, 2.24) is 5.32 Å². The fourth-order valence-electron chi connectivity index (χ4n) is 4.20. The minimum atomic E-state index is -0.705. The van der Waals surface area contributed by atoms with Gasteiger partial charge in [0.25, 0.3) is 17.7 Å². The number of imide groups is 1. The molecule has 8 nitrogen and oxygen atoms in total. The van der Waals surface area contributed by atoms with Crippen molar-refractivity contribution in [3.8, 4) is 0 Å². The first-order valence-electron chi connectivity index (χ1n) is 11.6. The molecule has 0 radical (unpaired) electrons. The fraction of sp³-hybridized carbons (Fsp3) is 0.308. The zero-order valence-electron chi connectivity index (χ0n) is 19.3. The minimum Gasteiger partial charge on any atom is -0.462 e.